The predicted molar refractivity (Wildman–Crippen MR) is 100 cm³/mol. The van der Waals surface area contributed by atoms with E-state index >= 15 is 0 Å². The maximum Gasteiger partial charge on any atom is 0.309 e. The third-order valence-electron chi connectivity index (χ3n) is 5.61. The fraction of sp³-hybridized carbons (Fsp3) is 0.619. The molecule has 0 radical (unpaired) electrons. The van der Waals surface area contributed by atoms with Gasteiger partial charge < -0.3 is 9.64 Å². The van der Waals surface area contributed by atoms with E-state index < -0.39 is 0 Å². The van der Waals surface area contributed by atoms with Gasteiger partial charge in [0.25, 0.3) is 0 Å². The lowest BCUT2D eigenvalue weighted by atomic mass is 9.92. The lowest BCUT2D eigenvalue weighted by Crippen LogP contribution is -2.46. The number of amides is 1. The van der Waals surface area contributed by atoms with E-state index in [2.05, 4.69) is 29.2 Å². The zero-order chi connectivity index (χ0) is 18.4. The minimum atomic E-state index is -0.103. The summed E-state index contributed by atoms with van der Waals surface area (Å²) in [6.07, 6.45) is 3.34. The van der Waals surface area contributed by atoms with E-state index in [9.17, 15) is 9.59 Å². The fourth-order valence-electron chi connectivity index (χ4n) is 4.03. The Morgan fingerprint density at radius 1 is 0.962 bits per heavy atom. The summed E-state index contributed by atoms with van der Waals surface area (Å²) < 4.78 is 5.11. The highest BCUT2D eigenvalue weighted by atomic mass is 16.5. The lowest BCUT2D eigenvalue weighted by Gasteiger charge is -2.36. The first-order chi connectivity index (χ1) is 12.7. The van der Waals surface area contributed by atoms with Crippen LogP contribution in [-0.4, -0.2) is 54.5 Å². The minimum Gasteiger partial charge on any atom is -0.466 e. The Balaban J connectivity index is 1.42. The van der Waals surface area contributed by atoms with Gasteiger partial charge in [0.15, 0.2) is 0 Å². The molecule has 1 amide bonds. The summed E-state index contributed by atoms with van der Waals surface area (Å²) in [5.41, 5.74) is 1.33. The number of nitrogens with zero attached hydrogens (tertiary/aromatic N) is 2. The van der Waals surface area contributed by atoms with E-state index in [0.717, 1.165) is 45.3 Å². The van der Waals surface area contributed by atoms with Crippen LogP contribution in [0.5, 0.6) is 0 Å². The van der Waals surface area contributed by atoms with Crippen LogP contribution in [-0.2, 0) is 20.9 Å². The lowest BCUT2D eigenvalue weighted by molar-refractivity contribution is -0.152. The van der Waals surface area contributed by atoms with E-state index in [-0.39, 0.29) is 23.7 Å². The van der Waals surface area contributed by atoms with E-state index in [1.54, 1.807) is 0 Å². The Morgan fingerprint density at radius 2 is 1.58 bits per heavy atom. The van der Waals surface area contributed by atoms with Crippen LogP contribution >= 0.6 is 0 Å². The topological polar surface area (TPSA) is 49.9 Å². The summed E-state index contributed by atoms with van der Waals surface area (Å²) in [4.78, 5) is 29.0. The van der Waals surface area contributed by atoms with Crippen LogP contribution in [0.25, 0.3) is 0 Å². The third kappa shape index (κ3) is 4.85. The molecule has 2 aliphatic heterocycles. The van der Waals surface area contributed by atoms with Gasteiger partial charge in [-0.1, -0.05) is 30.3 Å². The summed E-state index contributed by atoms with van der Waals surface area (Å²) in [5.74, 6) is 0.286. The van der Waals surface area contributed by atoms with Crippen molar-refractivity contribution in [3.63, 3.8) is 0 Å². The van der Waals surface area contributed by atoms with Gasteiger partial charge in [0.05, 0.1) is 12.5 Å². The van der Waals surface area contributed by atoms with Crippen molar-refractivity contribution in [3.8, 4) is 0 Å². The molecule has 2 fully saturated rings. The van der Waals surface area contributed by atoms with Crippen LogP contribution in [0.4, 0.5) is 0 Å². The first kappa shape index (κ1) is 18.9. The average molecular weight is 358 g/mol. The Hall–Kier alpha value is -1.88. The second-order valence-electron chi connectivity index (χ2n) is 7.39. The second-order valence-corrected chi connectivity index (χ2v) is 7.39. The average Bonchev–Trinajstić information content (AvgIpc) is 2.69. The molecule has 0 aromatic heterocycles. The van der Waals surface area contributed by atoms with Crippen LogP contribution in [0, 0.1) is 11.8 Å². The molecule has 2 heterocycles. The molecule has 2 saturated heterocycles. The Morgan fingerprint density at radius 3 is 2.19 bits per heavy atom. The number of carbonyl (C=O) groups is 2. The normalized spacial score (nSPS) is 20.1. The van der Waals surface area contributed by atoms with Gasteiger partial charge in [0, 0.05) is 25.6 Å². The first-order valence-electron chi connectivity index (χ1n) is 9.89. The van der Waals surface area contributed by atoms with Crippen molar-refractivity contribution in [1.29, 1.82) is 0 Å². The monoisotopic (exact) mass is 358 g/mol. The van der Waals surface area contributed by atoms with Crippen LogP contribution < -0.4 is 0 Å². The molecule has 0 aliphatic carbocycles. The molecule has 0 unspecified atom stereocenters. The highest BCUT2D eigenvalue weighted by Crippen LogP contribution is 2.25. The molecule has 5 heteroatoms. The standard InChI is InChI=1S/C21H30N2O3/c1-2-26-21(25)19-10-14-23(15-11-19)20(24)18-8-12-22(13-9-18)16-17-6-4-3-5-7-17/h3-7,18-19H,2,8-16H2,1H3. The van der Waals surface area contributed by atoms with Gasteiger partial charge >= 0.3 is 5.97 Å². The van der Waals surface area contributed by atoms with Crippen LogP contribution in [0.2, 0.25) is 0 Å². The van der Waals surface area contributed by atoms with E-state index in [1.165, 1.54) is 5.56 Å². The summed E-state index contributed by atoms with van der Waals surface area (Å²) in [6.45, 7) is 6.56. The number of benzene rings is 1. The third-order valence-corrected chi connectivity index (χ3v) is 5.61. The second kappa shape index (κ2) is 9.17. The quantitative estimate of drug-likeness (QED) is 0.760. The highest BCUT2D eigenvalue weighted by molar-refractivity contribution is 5.79. The van der Waals surface area contributed by atoms with Crippen molar-refractivity contribution < 1.29 is 14.3 Å². The molecule has 0 saturated carbocycles. The number of ether oxygens (including phenoxy) is 1. The van der Waals surface area contributed by atoms with Crippen LogP contribution in [0.1, 0.15) is 38.2 Å². The number of hydrogen-bond acceptors (Lipinski definition) is 4. The summed E-state index contributed by atoms with van der Waals surface area (Å²) >= 11 is 0. The number of hydrogen-bond donors (Lipinski definition) is 0. The Bertz CT molecular complexity index is 589. The SMILES string of the molecule is CCOC(=O)C1CCN(C(=O)C2CCN(Cc3ccccc3)CC2)CC1. The number of esters is 1. The molecule has 0 N–H and O–H groups in total. The van der Waals surface area contributed by atoms with Gasteiger partial charge in [-0.05, 0) is 51.3 Å². The van der Waals surface area contributed by atoms with Crippen molar-refractivity contribution in [3.05, 3.63) is 35.9 Å². The molecule has 3 rings (SSSR count). The van der Waals surface area contributed by atoms with Gasteiger partial charge in [-0.3, -0.25) is 14.5 Å². The molecule has 5 nitrogen and oxygen atoms in total. The molecule has 0 atom stereocenters. The maximum absolute atomic E-state index is 12.8. The zero-order valence-corrected chi connectivity index (χ0v) is 15.7. The largest absolute Gasteiger partial charge is 0.466 e. The van der Waals surface area contributed by atoms with Crippen molar-refractivity contribution in [2.45, 2.75) is 39.2 Å². The van der Waals surface area contributed by atoms with Crippen LogP contribution in [0.3, 0.4) is 0 Å². The molecule has 2 aliphatic rings. The van der Waals surface area contributed by atoms with E-state index in [4.69, 9.17) is 4.74 Å². The Kier molecular flexibility index (Phi) is 6.67. The number of rotatable bonds is 5. The molecule has 1 aromatic rings. The molecule has 1 aromatic carbocycles. The molecular weight excluding hydrogens is 328 g/mol. The molecular formula is C21H30N2O3. The van der Waals surface area contributed by atoms with Gasteiger partial charge in [0.1, 0.15) is 0 Å². The van der Waals surface area contributed by atoms with Crippen molar-refractivity contribution in [2.24, 2.45) is 11.8 Å². The van der Waals surface area contributed by atoms with Gasteiger partial charge in [-0.15, -0.1) is 0 Å². The van der Waals surface area contributed by atoms with Gasteiger partial charge in [-0.2, -0.15) is 0 Å². The molecule has 0 spiro atoms. The summed E-state index contributed by atoms with van der Waals surface area (Å²) in [7, 11) is 0. The zero-order valence-electron chi connectivity index (χ0n) is 15.7. The van der Waals surface area contributed by atoms with E-state index in [1.807, 2.05) is 17.9 Å². The number of piperidine rings is 2. The summed E-state index contributed by atoms with van der Waals surface area (Å²) in [5, 5.41) is 0. The predicted octanol–water partition coefficient (Wildman–Crippen LogP) is 2.70. The van der Waals surface area contributed by atoms with Gasteiger partial charge in [0.2, 0.25) is 5.91 Å². The number of carbonyl (C=O) groups excluding carboxylic acids is 2. The molecule has 142 valence electrons. The fourth-order valence-corrected chi connectivity index (χ4v) is 4.03. The van der Waals surface area contributed by atoms with Crippen LogP contribution in [0.15, 0.2) is 30.3 Å². The van der Waals surface area contributed by atoms with Crippen molar-refractivity contribution in [2.75, 3.05) is 32.8 Å². The van der Waals surface area contributed by atoms with E-state index in [0.29, 0.717) is 19.7 Å². The number of likely N-dealkylation sites (tertiary alicyclic amines) is 2. The van der Waals surface area contributed by atoms with Gasteiger partial charge in [-0.25, -0.2) is 0 Å². The first-order valence-corrected chi connectivity index (χ1v) is 9.89. The molecule has 0 bridgehead atoms. The maximum atomic E-state index is 12.8. The smallest absolute Gasteiger partial charge is 0.309 e. The highest BCUT2D eigenvalue weighted by Gasteiger charge is 2.32. The molecule has 26 heavy (non-hydrogen) atoms. The van der Waals surface area contributed by atoms with Crippen molar-refractivity contribution >= 4 is 11.9 Å². The Labute approximate surface area is 156 Å². The van der Waals surface area contributed by atoms with Crippen molar-refractivity contribution in [1.82, 2.24) is 9.80 Å². The summed E-state index contributed by atoms with van der Waals surface area (Å²) in [6, 6.07) is 10.5. The minimum absolute atomic E-state index is 0.0354.